The molecule has 8 nitrogen and oxygen atoms in total. The molecule has 0 saturated carbocycles. The molecule has 122 valence electrons. The zero-order chi connectivity index (χ0) is 16.9. The second-order valence-corrected chi connectivity index (χ2v) is 5.77. The Bertz CT molecular complexity index is 553. The van der Waals surface area contributed by atoms with Gasteiger partial charge in [-0.25, -0.2) is 4.79 Å². The Morgan fingerprint density at radius 1 is 1.45 bits per heavy atom. The van der Waals surface area contributed by atoms with Gasteiger partial charge in [-0.2, -0.15) is 0 Å². The van der Waals surface area contributed by atoms with Crippen molar-refractivity contribution in [2.75, 3.05) is 13.2 Å². The molecule has 0 aliphatic carbocycles. The number of amides is 1. The van der Waals surface area contributed by atoms with Gasteiger partial charge in [-0.05, 0) is 32.4 Å². The lowest BCUT2D eigenvalue weighted by molar-refractivity contribution is -0.385. The number of hydrogen-bond acceptors (Lipinski definition) is 6. The van der Waals surface area contributed by atoms with E-state index < -0.39 is 34.0 Å². The van der Waals surface area contributed by atoms with E-state index in [1.807, 2.05) is 0 Å². The van der Waals surface area contributed by atoms with Crippen LogP contribution < -0.4 is 5.32 Å². The maximum Gasteiger partial charge on any atom is 0.407 e. The van der Waals surface area contributed by atoms with E-state index >= 15 is 0 Å². The smallest absolute Gasteiger partial charge is 0.407 e. The summed E-state index contributed by atoms with van der Waals surface area (Å²) in [4.78, 5) is 21.7. The zero-order valence-electron chi connectivity index (χ0n) is 12.7. The molecule has 0 aliphatic rings. The van der Waals surface area contributed by atoms with Crippen LogP contribution in [0.25, 0.3) is 0 Å². The highest BCUT2D eigenvalue weighted by Crippen LogP contribution is 2.29. The summed E-state index contributed by atoms with van der Waals surface area (Å²) < 4.78 is 5.07. The average molecular weight is 312 g/mol. The number of nitro groups is 1. The fourth-order valence-electron chi connectivity index (χ4n) is 1.75. The summed E-state index contributed by atoms with van der Waals surface area (Å²) in [5.41, 5.74) is -0.660. The van der Waals surface area contributed by atoms with Gasteiger partial charge < -0.3 is 20.3 Å². The van der Waals surface area contributed by atoms with Gasteiger partial charge in [-0.3, -0.25) is 10.1 Å². The molecular weight excluding hydrogens is 292 g/mol. The van der Waals surface area contributed by atoms with Crippen LogP contribution in [0.1, 0.15) is 32.3 Å². The van der Waals surface area contributed by atoms with Crippen molar-refractivity contribution >= 4 is 11.8 Å². The molecule has 0 saturated heterocycles. The molecule has 1 rings (SSSR count). The molecule has 3 N–H and O–H groups in total. The van der Waals surface area contributed by atoms with Gasteiger partial charge in [0.05, 0.1) is 11.5 Å². The number of ether oxygens (including phenoxy) is 1. The second-order valence-electron chi connectivity index (χ2n) is 5.77. The molecule has 0 bridgehead atoms. The van der Waals surface area contributed by atoms with E-state index in [4.69, 9.17) is 4.74 Å². The molecule has 0 spiro atoms. The number of phenolic OH excluding ortho intramolecular Hbond substituents is 1. The first kappa shape index (κ1) is 17.7. The number of nitrogens with one attached hydrogen (secondary N) is 1. The summed E-state index contributed by atoms with van der Waals surface area (Å²) in [6.07, 6.45) is -0.640. The maximum atomic E-state index is 11.6. The Labute approximate surface area is 127 Å². The third-order valence-corrected chi connectivity index (χ3v) is 2.78. The first-order valence-corrected chi connectivity index (χ1v) is 6.69. The van der Waals surface area contributed by atoms with Crippen molar-refractivity contribution in [1.29, 1.82) is 0 Å². The number of hydrogen-bond donors (Lipinski definition) is 3. The first-order valence-electron chi connectivity index (χ1n) is 6.69. The minimum absolute atomic E-state index is 0.0490. The van der Waals surface area contributed by atoms with Gasteiger partial charge in [-0.1, -0.05) is 6.07 Å². The standard InChI is InChI=1S/C14H20N2O6/c1-14(2,3)22-13(19)15-7-10(8-17)9-4-5-12(18)11(6-9)16(20)21/h4-6,10,17-18H,7-8H2,1-3H3,(H,15,19)/t10-/m1/s1. The van der Waals surface area contributed by atoms with Crippen molar-refractivity contribution in [3.8, 4) is 5.75 Å². The second kappa shape index (κ2) is 7.08. The van der Waals surface area contributed by atoms with Gasteiger partial charge in [-0.15, -0.1) is 0 Å². The highest BCUT2D eigenvalue weighted by molar-refractivity contribution is 5.67. The Kier molecular flexibility index (Phi) is 5.69. The fraction of sp³-hybridized carbons (Fsp3) is 0.500. The summed E-state index contributed by atoms with van der Waals surface area (Å²) in [6.45, 7) is 4.89. The topological polar surface area (TPSA) is 122 Å². The monoisotopic (exact) mass is 312 g/mol. The SMILES string of the molecule is CC(C)(C)OC(=O)NC[C@H](CO)c1ccc(O)c([N+](=O)[O-])c1. The predicted molar refractivity (Wildman–Crippen MR) is 78.8 cm³/mol. The summed E-state index contributed by atoms with van der Waals surface area (Å²) in [7, 11) is 0. The molecule has 0 aliphatic heterocycles. The molecule has 0 heterocycles. The quantitative estimate of drug-likeness (QED) is 0.564. The summed E-state index contributed by atoms with van der Waals surface area (Å²) >= 11 is 0. The van der Waals surface area contributed by atoms with Gasteiger partial charge in [0.2, 0.25) is 0 Å². The van der Waals surface area contributed by atoms with Crippen molar-refractivity contribution in [2.24, 2.45) is 0 Å². The van der Waals surface area contributed by atoms with Crippen molar-refractivity contribution in [3.63, 3.8) is 0 Å². The summed E-state index contributed by atoms with van der Waals surface area (Å²) in [5.74, 6) is -1.00. The minimum Gasteiger partial charge on any atom is -0.502 e. The molecule has 0 aromatic heterocycles. The summed E-state index contributed by atoms with van der Waals surface area (Å²) in [5, 5.41) is 32.1. The lowest BCUT2D eigenvalue weighted by Gasteiger charge is -2.21. The van der Waals surface area contributed by atoms with E-state index in [1.54, 1.807) is 20.8 Å². The Hall–Kier alpha value is -2.35. The molecule has 0 fully saturated rings. The molecule has 1 aromatic rings. The molecule has 1 atom stereocenters. The number of aromatic hydroxyl groups is 1. The first-order chi connectivity index (χ1) is 10.1. The molecule has 22 heavy (non-hydrogen) atoms. The highest BCUT2D eigenvalue weighted by atomic mass is 16.6. The van der Waals surface area contributed by atoms with Crippen molar-refractivity contribution < 1.29 is 24.7 Å². The summed E-state index contributed by atoms with van der Waals surface area (Å²) in [6, 6.07) is 3.82. The Balaban J connectivity index is 2.78. The van der Waals surface area contributed by atoms with Crippen LogP contribution in [-0.2, 0) is 4.74 Å². The number of rotatable bonds is 5. The normalized spacial score (nSPS) is 12.5. The number of carbonyl (C=O) groups is 1. The van der Waals surface area contributed by atoms with Gasteiger partial charge in [0.1, 0.15) is 5.60 Å². The van der Waals surface area contributed by atoms with Crippen LogP contribution >= 0.6 is 0 Å². The maximum absolute atomic E-state index is 11.6. The van der Waals surface area contributed by atoms with Crippen molar-refractivity contribution in [1.82, 2.24) is 5.32 Å². The van der Waals surface area contributed by atoms with Crippen LogP contribution in [0, 0.1) is 10.1 Å². The predicted octanol–water partition coefficient (Wildman–Crippen LogP) is 1.90. The largest absolute Gasteiger partial charge is 0.502 e. The van der Waals surface area contributed by atoms with E-state index in [0.717, 1.165) is 0 Å². The number of alkyl carbamates (subject to hydrolysis) is 1. The number of carbonyl (C=O) groups excluding carboxylic acids is 1. The number of nitrogens with zero attached hydrogens (tertiary/aromatic N) is 1. The number of aliphatic hydroxyl groups excluding tert-OH is 1. The Morgan fingerprint density at radius 3 is 2.59 bits per heavy atom. The van der Waals surface area contributed by atoms with E-state index in [1.165, 1.54) is 18.2 Å². The van der Waals surface area contributed by atoms with Crippen LogP contribution in [0.4, 0.5) is 10.5 Å². The van der Waals surface area contributed by atoms with Gasteiger partial charge in [0.15, 0.2) is 5.75 Å². The van der Waals surface area contributed by atoms with Gasteiger partial charge in [0.25, 0.3) is 0 Å². The third kappa shape index (κ3) is 5.21. The lowest BCUT2D eigenvalue weighted by Crippen LogP contribution is -2.35. The van der Waals surface area contributed by atoms with E-state index in [2.05, 4.69) is 5.32 Å². The number of nitro benzene ring substituents is 1. The van der Waals surface area contributed by atoms with Crippen molar-refractivity contribution in [2.45, 2.75) is 32.3 Å². The number of aliphatic hydroxyl groups is 1. The van der Waals surface area contributed by atoms with Crippen LogP contribution in [0.5, 0.6) is 5.75 Å². The Morgan fingerprint density at radius 2 is 2.09 bits per heavy atom. The fourth-order valence-corrected chi connectivity index (χ4v) is 1.75. The molecule has 1 aromatic carbocycles. The van der Waals surface area contributed by atoms with E-state index in [0.29, 0.717) is 5.56 Å². The molecule has 0 unspecified atom stereocenters. The minimum atomic E-state index is -0.714. The molecule has 1 amide bonds. The molecule has 0 radical (unpaired) electrons. The molecule has 8 heteroatoms. The van der Waals surface area contributed by atoms with Crippen LogP contribution in [-0.4, -0.2) is 40.0 Å². The molecular formula is C14H20N2O6. The zero-order valence-corrected chi connectivity index (χ0v) is 12.7. The lowest BCUT2D eigenvalue weighted by atomic mass is 9.99. The van der Waals surface area contributed by atoms with Crippen LogP contribution in [0.15, 0.2) is 18.2 Å². The van der Waals surface area contributed by atoms with Crippen molar-refractivity contribution in [3.05, 3.63) is 33.9 Å². The van der Waals surface area contributed by atoms with E-state index in [9.17, 15) is 25.1 Å². The highest BCUT2D eigenvalue weighted by Gasteiger charge is 2.21. The van der Waals surface area contributed by atoms with Gasteiger partial charge >= 0.3 is 11.8 Å². The number of phenols is 1. The van der Waals surface area contributed by atoms with Gasteiger partial charge in [0, 0.05) is 18.5 Å². The number of benzene rings is 1. The van der Waals surface area contributed by atoms with Crippen LogP contribution in [0.3, 0.4) is 0 Å². The van der Waals surface area contributed by atoms with E-state index in [-0.39, 0.29) is 13.2 Å². The van der Waals surface area contributed by atoms with Crippen LogP contribution in [0.2, 0.25) is 0 Å². The average Bonchev–Trinajstić information content (AvgIpc) is 2.38. The third-order valence-electron chi connectivity index (χ3n) is 2.78.